The Morgan fingerprint density at radius 1 is 1.23 bits per heavy atom. The number of rotatable bonds is 10. The van der Waals surface area contributed by atoms with Gasteiger partial charge in [0.25, 0.3) is 0 Å². The molecule has 1 unspecified atom stereocenters. The number of hydrogen-bond acceptors (Lipinski definition) is 4. The standard InChI is InChI=1S/C22H36ClN5O2.HI/c1-4-24-22(25-11-10-21(29)27(5-2)6-3)26-17-20(28-12-14-30-15-13-28)18-8-7-9-19(23)16-18;/h7-9,16,20H,4-6,10-15,17H2,1-3H3,(H2,24,25,26);1H. The number of carbonyl (C=O) groups is 1. The number of aliphatic imine (C=N–C) groups is 1. The Balaban J connectivity index is 0.00000480. The first-order valence-electron chi connectivity index (χ1n) is 11.0. The lowest BCUT2D eigenvalue weighted by atomic mass is 10.0. The van der Waals surface area contributed by atoms with E-state index in [-0.39, 0.29) is 35.9 Å². The fourth-order valence-corrected chi connectivity index (χ4v) is 3.78. The van der Waals surface area contributed by atoms with Gasteiger partial charge in [-0.25, -0.2) is 0 Å². The largest absolute Gasteiger partial charge is 0.379 e. The molecule has 1 aliphatic rings. The van der Waals surface area contributed by atoms with Crippen molar-refractivity contribution >= 4 is 47.4 Å². The Bertz CT molecular complexity index is 682. The van der Waals surface area contributed by atoms with Gasteiger partial charge in [0.1, 0.15) is 0 Å². The summed E-state index contributed by atoms with van der Waals surface area (Å²) in [5, 5.41) is 7.31. The van der Waals surface area contributed by atoms with E-state index in [1.165, 1.54) is 0 Å². The maximum absolute atomic E-state index is 12.2. The van der Waals surface area contributed by atoms with Crippen molar-refractivity contribution in [3.05, 3.63) is 34.9 Å². The molecule has 2 rings (SSSR count). The summed E-state index contributed by atoms with van der Waals surface area (Å²) in [7, 11) is 0. The number of halogens is 2. The van der Waals surface area contributed by atoms with Crippen molar-refractivity contribution in [1.82, 2.24) is 20.4 Å². The van der Waals surface area contributed by atoms with Crippen LogP contribution in [0.5, 0.6) is 0 Å². The lowest BCUT2D eigenvalue weighted by Crippen LogP contribution is -2.42. The SMILES string of the molecule is CCNC(=NCC(c1cccc(Cl)c1)N1CCOCC1)NCCC(=O)N(CC)CC.I. The van der Waals surface area contributed by atoms with Gasteiger partial charge in [0.2, 0.25) is 5.91 Å². The summed E-state index contributed by atoms with van der Waals surface area (Å²) in [6, 6.07) is 8.12. The summed E-state index contributed by atoms with van der Waals surface area (Å²) in [4.78, 5) is 21.3. The number of benzene rings is 1. The zero-order valence-electron chi connectivity index (χ0n) is 18.9. The van der Waals surface area contributed by atoms with Crippen LogP contribution in [0.15, 0.2) is 29.3 Å². The maximum atomic E-state index is 12.2. The average Bonchev–Trinajstić information content (AvgIpc) is 2.75. The molecule has 2 N–H and O–H groups in total. The molecule has 1 amide bonds. The van der Waals surface area contributed by atoms with E-state index in [0.717, 1.165) is 62.5 Å². The van der Waals surface area contributed by atoms with Crippen molar-refractivity contribution in [1.29, 1.82) is 0 Å². The van der Waals surface area contributed by atoms with Crippen LogP contribution < -0.4 is 10.6 Å². The number of morpholine rings is 1. The summed E-state index contributed by atoms with van der Waals surface area (Å²) >= 11 is 6.25. The summed E-state index contributed by atoms with van der Waals surface area (Å²) in [6.07, 6.45) is 0.452. The highest BCUT2D eigenvalue weighted by molar-refractivity contribution is 14.0. The third-order valence-corrected chi connectivity index (χ3v) is 5.47. The average molecular weight is 566 g/mol. The van der Waals surface area contributed by atoms with Crippen LogP contribution in [0.2, 0.25) is 5.02 Å². The molecule has 1 atom stereocenters. The predicted octanol–water partition coefficient (Wildman–Crippen LogP) is 3.14. The van der Waals surface area contributed by atoms with Crippen LogP contribution in [0.4, 0.5) is 0 Å². The number of hydrogen-bond donors (Lipinski definition) is 2. The molecular weight excluding hydrogens is 529 g/mol. The second-order valence-electron chi connectivity index (χ2n) is 7.18. The predicted molar refractivity (Wildman–Crippen MR) is 139 cm³/mol. The van der Waals surface area contributed by atoms with Gasteiger partial charge >= 0.3 is 0 Å². The van der Waals surface area contributed by atoms with Gasteiger partial charge in [-0.2, -0.15) is 0 Å². The van der Waals surface area contributed by atoms with Crippen molar-refractivity contribution in [2.75, 3.05) is 59.0 Å². The molecule has 7 nitrogen and oxygen atoms in total. The van der Waals surface area contributed by atoms with E-state index in [0.29, 0.717) is 19.5 Å². The molecule has 1 saturated heterocycles. The molecule has 0 radical (unpaired) electrons. The highest BCUT2D eigenvalue weighted by atomic mass is 127. The van der Waals surface area contributed by atoms with Gasteiger partial charge in [0, 0.05) is 50.7 Å². The van der Waals surface area contributed by atoms with Crippen LogP contribution in [0, 0.1) is 0 Å². The third-order valence-electron chi connectivity index (χ3n) is 5.23. The van der Waals surface area contributed by atoms with Crippen molar-refractivity contribution in [3.63, 3.8) is 0 Å². The van der Waals surface area contributed by atoms with Crippen LogP contribution in [0.25, 0.3) is 0 Å². The first kappa shape index (κ1) is 27.9. The van der Waals surface area contributed by atoms with Crippen molar-refractivity contribution in [2.45, 2.75) is 33.2 Å². The molecule has 0 saturated carbocycles. The first-order valence-corrected chi connectivity index (χ1v) is 11.3. The van der Waals surface area contributed by atoms with Gasteiger partial charge in [0.05, 0.1) is 25.8 Å². The van der Waals surface area contributed by atoms with Crippen molar-refractivity contribution in [2.24, 2.45) is 4.99 Å². The minimum atomic E-state index is 0. The van der Waals surface area contributed by atoms with Gasteiger partial charge in [-0.05, 0) is 38.5 Å². The molecule has 9 heteroatoms. The van der Waals surface area contributed by atoms with E-state index in [2.05, 4.69) is 21.6 Å². The number of guanidine groups is 1. The molecule has 31 heavy (non-hydrogen) atoms. The molecule has 1 aromatic rings. The van der Waals surface area contributed by atoms with E-state index in [4.69, 9.17) is 21.3 Å². The van der Waals surface area contributed by atoms with Crippen molar-refractivity contribution in [3.8, 4) is 0 Å². The van der Waals surface area contributed by atoms with E-state index < -0.39 is 0 Å². The van der Waals surface area contributed by atoms with Gasteiger partial charge in [-0.15, -0.1) is 24.0 Å². The summed E-state index contributed by atoms with van der Waals surface area (Å²) < 4.78 is 5.52. The monoisotopic (exact) mass is 565 g/mol. The molecule has 0 bridgehead atoms. The second kappa shape index (κ2) is 15.7. The Hall–Kier alpha value is -1.10. The minimum Gasteiger partial charge on any atom is -0.379 e. The van der Waals surface area contributed by atoms with Crippen LogP contribution in [0.1, 0.15) is 38.8 Å². The second-order valence-corrected chi connectivity index (χ2v) is 7.62. The Labute approximate surface area is 209 Å². The lowest BCUT2D eigenvalue weighted by Gasteiger charge is -2.34. The molecule has 0 spiro atoms. The molecule has 0 aliphatic carbocycles. The van der Waals surface area contributed by atoms with Crippen LogP contribution in [-0.4, -0.2) is 80.7 Å². The fourth-order valence-electron chi connectivity index (χ4n) is 3.58. The Morgan fingerprint density at radius 2 is 1.94 bits per heavy atom. The lowest BCUT2D eigenvalue weighted by molar-refractivity contribution is -0.130. The number of nitrogens with zero attached hydrogens (tertiary/aromatic N) is 3. The Morgan fingerprint density at radius 3 is 2.55 bits per heavy atom. The highest BCUT2D eigenvalue weighted by Gasteiger charge is 2.23. The summed E-state index contributed by atoms with van der Waals surface area (Å²) in [5.74, 6) is 0.888. The number of nitrogens with one attached hydrogen (secondary N) is 2. The van der Waals surface area contributed by atoms with E-state index in [9.17, 15) is 4.79 Å². The third kappa shape index (κ3) is 9.51. The summed E-state index contributed by atoms with van der Waals surface area (Å²) in [6.45, 7) is 12.6. The first-order chi connectivity index (χ1) is 14.6. The van der Waals surface area contributed by atoms with E-state index in [1.54, 1.807) is 0 Å². The normalized spacial score (nSPS) is 15.7. The number of ether oxygens (including phenoxy) is 1. The van der Waals surface area contributed by atoms with E-state index >= 15 is 0 Å². The fraction of sp³-hybridized carbons (Fsp3) is 0.636. The molecule has 0 aromatic heterocycles. The molecule has 1 heterocycles. The maximum Gasteiger partial charge on any atom is 0.224 e. The van der Waals surface area contributed by atoms with Gasteiger partial charge in [0.15, 0.2) is 5.96 Å². The van der Waals surface area contributed by atoms with Gasteiger partial charge in [-0.3, -0.25) is 14.7 Å². The molecular formula is C22H37ClIN5O2. The van der Waals surface area contributed by atoms with Crippen LogP contribution in [0.3, 0.4) is 0 Å². The zero-order chi connectivity index (χ0) is 21.8. The number of amides is 1. The molecule has 176 valence electrons. The quantitative estimate of drug-likeness (QED) is 0.259. The topological polar surface area (TPSA) is 69.2 Å². The minimum absolute atomic E-state index is 0. The van der Waals surface area contributed by atoms with Gasteiger partial charge < -0.3 is 20.3 Å². The van der Waals surface area contributed by atoms with Crippen molar-refractivity contribution < 1.29 is 9.53 Å². The summed E-state index contributed by atoms with van der Waals surface area (Å²) in [5.41, 5.74) is 1.15. The van der Waals surface area contributed by atoms with E-state index in [1.807, 2.05) is 43.9 Å². The molecule has 1 aromatic carbocycles. The van der Waals surface area contributed by atoms with Gasteiger partial charge in [-0.1, -0.05) is 23.7 Å². The number of carbonyl (C=O) groups excluding carboxylic acids is 1. The Kier molecular flexibility index (Phi) is 14.1. The zero-order valence-corrected chi connectivity index (χ0v) is 22.0. The molecule has 1 fully saturated rings. The van der Waals surface area contributed by atoms with Crippen LogP contribution in [-0.2, 0) is 9.53 Å². The van der Waals surface area contributed by atoms with Crippen LogP contribution >= 0.6 is 35.6 Å². The smallest absolute Gasteiger partial charge is 0.224 e. The molecule has 1 aliphatic heterocycles. The highest BCUT2D eigenvalue weighted by Crippen LogP contribution is 2.24.